The van der Waals surface area contributed by atoms with Gasteiger partial charge >= 0.3 is 0 Å². The predicted molar refractivity (Wildman–Crippen MR) is 51.8 cm³/mol. The highest BCUT2D eigenvalue weighted by Gasteiger charge is 2.14. The molecule has 0 atom stereocenters. The van der Waals surface area contributed by atoms with Crippen LogP contribution in [0.4, 0.5) is 0 Å². The molecule has 0 radical (unpaired) electrons. The summed E-state index contributed by atoms with van der Waals surface area (Å²) in [6, 6.07) is 2.00. The minimum absolute atomic E-state index is 1.04. The number of aromatic nitrogens is 1. The van der Waals surface area contributed by atoms with Crippen LogP contribution in [0.15, 0.2) is 22.9 Å². The van der Waals surface area contributed by atoms with Gasteiger partial charge in [-0.05, 0) is 31.1 Å². The van der Waals surface area contributed by atoms with Crippen molar-refractivity contribution in [1.29, 1.82) is 0 Å². The third-order valence-corrected chi connectivity index (χ3v) is 2.96. The molecule has 1 fully saturated rings. The molecule has 0 bridgehead atoms. The maximum Gasteiger partial charge on any atom is 0.0324 e. The summed E-state index contributed by atoms with van der Waals surface area (Å²) < 4.78 is 1.17. The molecule has 0 unspecified atom stereocenters. The van der Waals surface area contributed by atoms with Crippen molar-refractivity contribution in [2.75, 3.05) is 13.1 Å². The van der Waals surface area contributed by atoms with E-state index in [2.05, 4.69) is 25.8 Å². The van der Waals surface area contributed by atoms with Crippen LogP contribution in [-0.4, -0.2) is 23.0 Å². The van der Waals surface area contributed by atoms with Crippen LogP contribution in [0.1, 0.15) is 12.0 Å². The second-order valence-electron chi connectivity index (χ2n) is 3.10. The Morgan fingerprint density at radius 3 is 2.92 bits per heavy atom. The molecule has 0 saturated carbocycles. The van der Waals surface area contributed by atoms with Gasteiger partial charge in [0.2, 0.25) is 0 Å². The molecule has 3 heteroatoms. The SMILES string of the molecule is Brc1ccncc1CN1CCC1. The fourth-order valence-corrected chi connectivity index (χ4v) is 1.65. The van der Waals surface area contributed by atoms with Gasteiger partial charge in [0, 0.05) is 23.4 Å². The van der Waals surface area contributed by atoms with Gasteiger partial charge in [-0.15, -0.1) is 0 Å². The smallest absolute Gasteiger partial charge is 0.0324 e. The first-order valence-corrected chi connectivity index (χ1v) is 4.96. The van der Waals surface area contributed by atoms with E-state index in [0.29, 0.717) is 0 Å². The molecule has 0 spiro atoms. The van der Waals surface area contributed by atoms with Crippen molar-refractivity contribution in [1.82, 2.24) is 9.88 Å². The van der Waals surface area contributed by atoms with E-state index in [1.165, 1.54) is 29.5 Å². The molecule has 2 rings (SSSR count). The molecule has 1 aliphatic rings. The van der Waals surface area contributed by atoms with Crippen LogP contribution in [-0.2, 0) is 6.54 Å². The molecule has 1 aromatic rings. The Bertz CT molecular complexity index is 271. The van der Waals surface area contributed by atoms with Crippen molar-refractivity contribution in [3.05, 3.63) is 28.5 Å². The van der Waals surface area contributed by atoms with Crippen molar-refractivity contribution in [3.63, 3.8) is 0 Å². The molecule has 0 N–H and O–H groups in total. The zero-order valence-corrected chi connectivity index (χ0v) is 8.42. The minimum Gasteiger partial charge on any atom is -0.299 e. The quantitative estimate of drug-likeness (QED) is 0.768. The number of pyridine rings is 1. The number of nitrogens with zero attached hydrogens (tertiary/aromatic N) is 2. The molecule has 0 aromatic carbocycles. The summed E-state index contributed by atoms with van der Waals surface area (Å²) >= 11 is 3.51. The monoisotopic (exact) mass is 226 g/mol. The topological polar surface area (TPSA) is 16.1 Å². The Hall–Kier alpha value is -0.410. The molecule has 1 aliphatic heterocycles. The fourth-order valence-electron chi connectivity index (χ4n) is 1.31. The second-order valence-corrected chi connectivity index (χ2v) is 3.95. The fraction of sp³-hybridized carbons (Fsp3) is 0.444. The maximum atomic E-state index is 4.10. The van der Waals surface area contributed by atoms with Crippen LogP contribution >= 0.6 is 15.9 Å². The Morgan fingerprint density at radius 2 is 2.33 bits per heavy atom. The molecule has 1 saturated heterocycles. The van der Waals surface area contributed by atoms with Gasteiger partial charge in [0.05, 0.1) is 0 Å². The van der Waals surface area contributed by atoms with Crippen LogP contribution in [0.25, 0.3) is 0 Å². The molecular weight excluding hydrogens is 216 g/mol. The zero-order chi connectivity index (χ0) is 8.39. The van der Waals surface area contributed by atoms with Crippen molar-refractivity contribution in [2.24, 2.45) is 0 Å². The summed E-state index contributed by atoms with van der Waals surface area (Å²) in [4.78, 5) is 6.52. The van der Waals surface area contributed by atoms with Gasteiger partial charge in [-0.1, -0.05) is 15.9 Å². The summed E-state index contributed by atoms with van der Waals surface area (Å²) in [7, 11) is 0. The van der Waals surface area contributed by atoms with Crippen molar-refractivity contribution < 1.29 is 0 Å². The normalized spacial score (nSPS) is 17.4. The number of hydrogen-bond donors (Lipinski definition) is 0. The Morgan fingerprint density at radius 1 is 1.50 bits per heavy atom. The molecule has 64 valence electrons. The largest absolute Gasteiger partial charge is 0.299 e. The number of rotatable bonds is 2. The summed E-state index contributed by atoms with van der Waals surface area (Å²) in [6.45, 7) is 3.51. The molecule has 12 heavy (non-hydrogen) atoms. The van der Waals surface area contributed by atoms with Gasteiger partial charge in [-0.2, -0.15) is 0 Å². The Kier molecular flexibility index (Phi) is 2.42. The summed E-state index contributed by atoms with van der Waals surface area (Å²) in [5.74, 6) is 0. The molecule has 0 aliphatic carbocycles. The van der Waals surface area contributed by atoms with E-state index in [1.807, 2.05) is 18.5 Å². The Labute approximate surface area is 80.7 Å². The molecule has 2 heterocycles. The lowest BCUT2D eigenvalue weighted by Crippen LogP contribution is -2.36. The van der Waals surface area contributed by atoms with Crippen LogP contribution in [0.2, 0.25) is 0 Å². The summed E-state index contributed by atoms with van der Waals surface area (Å²) in [6.07, 6.45) is 5.09. The molecular formula is C9H11BrN2. The van der Waals surface area contributed by atoms with Crippen LogP contribution in [0.5, 0.6) is 0 Å². The van der Waals surface area contributed by atoms with Crippen molar-refractivity contribution >= 4 is 15.9 Å². The van der Waals surface area contributed by atoms with Gasteiger partial charge < -0.3 is 0 Å². The van der Waals surface area contributed by atoms with Crippen LogP contribution in [0.3, 0.4) is 0 Å². The maximum absolute atomic E-state index is 4.10. The second kappa shape index (κ2) is 3.54. The zero-order valence-electron chi connectivity index (χ0n) is 6.83. The van der Waals surface area contributed by atoms with Crippen molar-refractivity contribution in [3.8, 4) is 0 Å². The van der Waals surface area contributed by atoms with Crippen LogP contribution in [0, 0.1) is 0 Å². The lowest BCUT2D eigenvalue weighted by molar-refractivity contribution is 0.172. The number of hydrogen-bond acceptors (Lipinski definition) is 2. The molecule has 0 amide bonds. The van der Waals surface area contributed by atoms with Crippen molar-refractivity contribution in [2.45, 2.75) is 13.0 Å². The molecule has 1 aromatic heterocycles. The van der Waals surface area contributed by atoms with E-state index in [4.69, 9.17) is 0 Å². The third kappa shape index (κ3) is 1.67. The first kappa shape index (κ1) is 8.20. The summed E-state index contributed by atoms with van der Waals surface area (Å²) in [5.41, 5.74) is 1.29. The van der Waals surface area contributed by atoms with E-state index >= 15 is 0 Å². The lowest BCUT2D eigenvalue weighted by atomic mass is 10.2. The average molecular weight is 227 g/mol. The highest BCUT2D eigenvalue weighted by Crippen LogP contribution is 2.18. The average Bonchev–Trinajstić information content (AvgIpc) is 2.00. The highest BCUT2D eigenvalue weighted by atomic mass is 79.9. The van der Waals surface area contributed by atoms with E-state index < -0.39 is 0 Å². The standard InChI is InChI=1S/C9H11BrN2/c10-9-2-3-11-6-8(9)7-12-4-1-5-12/h2-3,6H,1,4-5,7H2. The minimum atomic E-state index is 1.04. The first-order valence-electron chi connectivity index (χ1n) is 4.17. The predicted octanol–water partition coefficient (Wildman–Crippen LogP) is 2.05. The van der Waals surface area contributed by atoms with Gasteiger partial charge in [0.1, 0.15) is 0 Å². The van der Waals surface area contributed by atoms with E-state index in [0.717, 1.165) is 6.54 Å². The highest BCUT2D eigenvalue weighted by molar-refractivity contribution is 9.10. The van der Waals surface area contributed by atoms with Gasteiger partial charge in [0.15, 0.2) is 0 Å². The Balaban J connectivity index is 2.06. The molecule has 2 nitrogen and oxygen atoms in total. The number of halogens is 1. The van der Waals surface area contributed by atoms with Gasteiger partial charge in [-0.25, -0.2) is 0 Å². The summed E-state index contributed by atoms with van der Waals surface area (Å²) in [5, 5.41) is 0. The van der Waals surface area contributed by atoms with Gasteiger partial charge in [0.25, 0.3) is 0 Å². The van der Waals surface area contributed by atoms with Crippen LogP contribution < -0.4 is 0 Å². The van der Waals surface area contributed by atoms with Gasteiger partial charge in [-0.3, -0.25) is 9.88 Å². The first-order chi connectivity index (χ1) is 5.86. The lowest BCUT2D eigenvalue weighted by Gasteiger charge is -2.30. The van der Waals surface area contributed by atoms with E-state index in [-0.39, 0.29) is 0 Å². The number of likely N-dealkylation sites (tertiary alicyclic amines) is 1. The third-order valence-electron chi connectivity index (χ3n) is 2.19. The van der Waals surface area contributed by atoms with E-state index in [9.17, 15) is 0 Å². The van der Waals surface area contributed by atoms with E-state index in [1.54, 1.807) is 0 Å².